The fraction of sp³-hybridized carbons (Fsp3) is 0.533. The Morgan fingerprint density at radius 3 is 3.00 bits per heavy atom. The smallest absolute Gasteiger partial charge is 0.254 e. The van der Waals surface area contributed by atoms with E-state index in [4.69, 9.17) is 4.74 Å². The maximum absolute atomic E-state index is 13.7. The number of benzene rings is 1. The molecule has 0 aromatic heterocycles. The molecule has 5 heteroatoms. The van der Waals surface area contributed by atoms with E-state index in [0.717, 1.165) is 19.6 Å². The number of hydrogen-bond acceptors (Lipinski definition) is 3. The molecule has 1 aromatic rings. The molecule has 0 aliphatic carbocycles. The number of amides is 1. The van der Waals surface area contributed by atoms with E-state index in [9.17, 15) is 9.18 Å². The van der Waals surface area contributed by atoms with Gasteiger partial charge in [0.25, 0.3) is 5.91 Å². The number of methoxy groups -OCH3 is 1. The van der Waals surface area contributed by atoms with E-state index in [1.54, 1.807) is 6.07 Å². The third-order valence-corrected chi connectivity index (χ3v) is 4.29. The summed E-state index contributed by atoms with van der Waals surface area (Å²) in [5.74, 6) is 0.116. The molecule has 2 unspecified atom stereocenters. The lowest BCUT2D eigenvalue weighted by molar-refractivity contribution is 0.0785. The van der Waals surface area contributed by atoms with Crippen LogP contribution in [0.3, 0.4) is 0 Å². The largest absolute Gasteiger partial charge is 0.494 e. The van der Waals surface area contributed by atoms with Gasteiger partial charge in [-0.2, -0.15) is 0 Å². The highest BCUT2D eigenvalue weighted by Gasteiger charge is 2.36. The molecule has 3 rings (SSSR count). The second kappa shape index (κ2) is 5.40. The molecular formula is C15H19FN2O2. The number of piperidine rings is 1. The summed E-state index contributed by atoms with van der Waals surface area (Å²) in [6.45, 7) is 2.52. The van der Waals surface area contributed by atoms with E-state index < -0.39 is 5.82 Å². The van der Waals surface area contributed by atoms with Gasteiger partial charge in [0, 0.05) is 24.7 Å². The van der Waals surface area contributed by atoms with Crippen molar-refractivity contribution in [3.05, 3.63) is 29.6 Å². The number of carbonyl (C=O) groups is 1. The van der Waals surface area contributed by atoms with Crippen molar-refractivity contribution < 1.29 is 13.9 Å². The summed E-state index contributed by atoms with van der Waals surface area (Å²) in [5, 5.41) is 3.46. The number of rotatable bonds is 2. The Morgan fingerprint density at radius 2 is 2.30 bits per heavy atom. The monoisotopic (exact) mass is 278 g/mol. The molecule has 1 aromatic carbocycles. The van der Waals surface area contributed by atoms with E-state index in [-0.39, 0.29) is 11.7 Å². The van der Waals surface area contributed by atoms with Crippen LogP contribution in [0, 0.1) is 11.7 Å². The van der Waals surface area contributed by atoms with Gasteiger partial charge >= 0.3 is 0 Å². The minimum absolute atomic E-state index is 0.0947. The number of nitrogens with zero attached hydrogens (tertiary/aromatic N) is 1. The normalized spacial score (nSPS) is 25.4. The van der Waals surface area contributed by atoms with Gasteiger partial charge in [0.05, 0.1) is 7.11 Å². The van der Waals surface area contributed by atoms with Gasteiger partial charge in [0.2, 0.25) is 0 Å². The minimum Gasteiger partial charge on any atom is -0.494 e. The highest BCUT2D eigenvalue weighted by atomic mass is 19.1. The Labute approximate surface area is 117 Å². The van der Waals surface area contributed by atoms with E-state index in [1.165, 1.54) is 32.1 Å². The molecule has 2 heterocycles. The second-order valence-electron chi connectivity index (χ2n) is 5.52. The van der Waals surface area contributed by atoms with Gasteiger partial charge in [-0.1, -0.05) is 0 Å². The van der Waals surface area contributed by atoms with Gasteiger partial charge in [0.1, 0.15) is 0 Å². The Morgan fingerprint density at radius 1 is 1.45 bits per heavy atom. The molecule has 2 fully saturated rings. The summed E-state index contributed by atoms with van der Waals surface area (Å²) in [6.07, 6.45) is 2.33. The zero-order valence-corrected chi connectivity index (χ0v) is 11.6. The van der Waals surface area contributed by atoms with Crippen molar-refractivity contribution in [3.63, 3.8) is 0 Å². The van der Waals surface area contributed by atoms with Crippen LogP contribution in [0.5, 0.6) is 5.75 Å². The molecule has 108 valence electrons. The lowest BCUT2D eigenvalue weighted by atomic mass is 9.94. The molecule has 0 bridgehead atoms. The van der Waals surface area contributed by atoms with Gasteiger partial charge in [-0.05, 0) is 43.5 Å². The molecule has 0 spiro atoms. The summed E-state index contributed by atoms with van der Waals surface area (Å²) in [7, 11) is 1.41. The van der Waals surface area contributed by atoms with Crippen molar-refractivity contribution in [3.8, 4) is 5.75 Å². The van der Waals surface area contributed by atoms with Gasteiger partial charge < -0.3 is 15.0 Å². The zero-order chi connectivity index (χ0) is 14.1. The first-order valence-corrected chi connectivity index (χ1v) is 7.05. The number of halogens is 1. The summed E-state index contributed by atoms with van der Waals surface area (Å²) in [6, 6.07) is 4.79. The van der Waals surface area contributed by atoms with E-state index >= 15 is 0 Å². The molecule has 1 N–H and O–H groups in total. The van der Waals surface area contributed by atoms with Crippen LogP contribution >= 0.6 is 0 Å². The number of nitrogens with one attached hydrogen (secondary N) is 1. The average molecular weight is 278 g/mol. The standard InChI is InChI=1S/C15H19FN2O2/c1-20-14-5-4-10(7-12(14)16)15(19)18-8-11-3-2-6-17-13(11)9-18/h4-5,7,11,13,17H,2-3,6,8-9H2,1H3. The van der Waals surface area contributed by atoms with Gasteiger partial charge in [0.15, 0.2) is 11.6 Å². The van der Waals surface area contributed by atoms with E-state index in [1.807, 2.05) is 4.90 Å². The topological polar surface area (TPSA) is 41.6 Å². The van der Waals surface area contributed by atoms with Gasteiger partial charge in [-0.25, -0.2) is 4.39 Å². The number of hydrogen-bond donors (Lipinski definition) is 1. The van der Waals surface area contributed by atoms with Crippen molar-refractivity contribution >= 4 is 5.91 Å². The predicted octanol–water partition coefficient (Wildman–Crippen LogP) is 1.66. The van der Waals surface area contributed by atoms with Crippen LogP contribution in [0.25, 0.3) is 0 Å². The Balaban J connectivity index is 1.74. The molecule has 2 saturated heterocycles. The Hall–Kier alpha value is -1.62. The quantitative estimate of drug-likeness (QED) is 0.894. The van der Waals surface area contributed by atoms with Crippen LogP contribution in [-0.2, 0) is 0 Å². The average Bonchev–Trinajstić information content (AvgIpc) is 2.90. The Bertz CT molecular complexity index is 507. The molecule has 20 heavy (non-hydrogen) atoms. The summed E-state index contributed by atoms with van der Waals surface area (Å²) >= 11 is 0. The number of carbonyl (C=O) groups excluding carboxylic acids is 1. The SMILES string of the molecule is COc1ccc(C(=O)N2CC3CCCNC3C2)cc1F. The third-order valence-electron chi connectivity index (χ3n) is 4.29. The van der Waals surface area contributed by atoms with Crippen molar-refractivity contribution in [1.82, 2.24) is 10.2 Å². The third kappa shape index (κ3) is 2.38. The van der Waals surface area contributed by atoms with Crippen molar-refractivity contribution in [2.45, 2.75) is 18.9 Å². The number of fused-ring (bicyclic) bond motifs is 1. The first-order valence-electron chi connectivity index (χ1n) is 7.05. The van der Waals surface area contributed by atoms with Crippen LogP contribution < -0.4 is 10.1 Å². The zero-order valence-electron chi connectivity index (χ0n) is 11.6. The van der Waals surface area contributed by atoms with E-state index in [0.29, 0.717) is 17.5 Å². The molecule has 2 aliphatic heterocycles. The summed E-state index contributed by atoms with van der Waals surface area (Å²) in [5.41, 5.74) is 0.391. The lowest BCUT2D eigenvalue weighted by Crippen LogP contribution is -2.41. The molecule has 0 saturated carbocycles. The second-order valence-corrected chi connectivity index (χ2v) is 5.52. The highest BCUT2D eigenvalue weighted by Crippen LogP contribution is 2.27. The van der Waals surface area contributed by atoms with Crippen molar-refractivity contribution in [2.24, 2.45) is 5.92 Å². The number of likely N-dealkylation sites (tertiary alicyclic amines) is 1. The fourth-order valence-corrected chi connectivity index (χ4v) is 3.19. The maximum atomic E-state index is 13.7. The first kappa shape index (κ1) is 13.4. The maximum Gasteiger partial charge on any atom is 0.254 e. The molecular weight excluding hydrogens is 259 g/mol. The number of ether oxygens (including phenoxy) is 1. The first-order chi connectivity index (χ1) is 9.69. The van der Waals surface area contributed by atoms with Crippen LogP contribution in [0.1, 0.15) is 23.2 Å². The summed E-state index contributed by atoms with van der Waals surface area (Å²) < 4.78 is 18.6. The molecule has 0 radical (unpaired) electrons. The lowest BCUT2D eigenvalue weighted by Gasteiger charge is -2.24. The highest BCUT2D eigenvalue weighted by molar-refractivity contribution is 5.94. The molecule has 4 nitrogen and oxygen atoms in total. The van der Waals surface area contributed by atoms with Crippen molar-refractivity contribution in [1.29, 1.82) is 0 Å². The molecule has 2 aliphatic rings. The van der Waals surface area contributed by atoms with Crippen LogP contribution in [0.2, 0.25) is 0 Å². The molecule has 1 amide bonds. The van der Waals surface area contributed by atoms with Crippen molar-refractivity contribution in [2.75, 3.05) is 26.7 Å². The summed E-state index contributed by atoms with van der Waals surface area (Å²) in [4.78, 5) is 14.3. The van der Waals surface area contributed by atoms with E-state index in [2.05, 4.69) is 5.32 Å². The Kier molecular flexibility index (Phi) is 3.61. The van der Waals surface area contributed by atoms with Crippen LogP contribution in [0.15, 0.2) is 18.2 Å². The van der Waals surface area contributed by atoms with Crippen LogP contribution in [-0.4, -0.2) is 43.6 Å². The fourth-order valence-electron chi connectivity index (χ4n) is 3.19. The van der Waals surface area contributed by atoms with Gasteiger partial charge in [-0.3, -0.25) is 4.79 Å². The molecule has 2 atom stereocenters. The minimum atomic E-state index is -0.493. The van der Waals surface area contributed by atoms with Crippen LogP contribution in [0.4, 0.5) is 4.39 Å². The van der Waals surface area contributed by atoms with Gasteiger partial charge in [-0.15, -0.1) is 0 Å². The predicted molar refractivity (Wildman–Crippen MR) is 73.4 cm³/mol.